The van der Waals surface area contributed by atoms with Gasteiger partial charge in [-0.05, 0) is 39.3 Å². The van der Waals surface area contributed by atoms with Crippen LogP contribution in [-0.2, 0) is 4.74 Å². The van der Waals surface area contributed by atoms with E-state index in [2.05, 4.69) is 10.5 Å². The van der Waals surface area contributed by atoms with Gasteiger partial charge in [-0.1, -0.05) is 5.16 Å². The van der Waals surface area contributed by atoms with Crippen molar-refractivity contribution in [2.24, 2.45) is 0 Å². The van der Waals surface area contributed by atoms with Crippen LogP contribution in [0.3, 0.4) is 0 Å². The molecule has 0 saturated heterocycles. The molecule has 1 amide bonds. The minimum Gasteiger partial charge on any atom is -0.461 e. The zero-order chi connectivity index (χ0) is 15.2. The van der Waals surface area contributed by atoms with E-state index in [1.54, 1.807) is 19.1 Å². The third kappa shape index (κ3) is 3.95. The van der Waals surface area contributed by atoms with Crippen LogP contribution in [0.1, 0.15) is 36.3 Å². The van der Waals surface area contributed by atoms with Gasteiger partial charge in [0.05, 0.1) is 18.1 Å². The topological polar surface area (TPSA) is 77.5 Å². The van der Waals surface area contributed by atoms with Gasteiger partial charge in [0.2, 0.25) is 5.76 Å². The van der Waals surface area contributed by atoms with Crippen molar-refractivity contribution in [2.75, 3.05) is 13.2 Å². The van der Waals surface area contributed by atoms with Crippen LogP contribution in [0, 0.1) is 6.92 Å². The maximum atomic E-state index is 12.2. The number of furan rings is 1. The number of ether oxygens (including phenoxy) is 1. The van der Waals surface area contributed by atoms with Gasteiger partial charge in [0.25, 0.3) is 5.91 Å². The molecule has 2 aromatic heterocycles. The van der Waals surface area contributed by atoms with E-state index in [4.69, 9.17) is 13.7 Å². The molecule has 0 bridgehead atoms. The normalized spacial score (nSPS) is 11.0. The summed E-state index contributed by atoms with van der Waals surface area (Å²) >= 11 is 0. The van der Waals surface area contributed by atoms with Crippen molar-refractivity contribution in [3.8, 4) is 11.5 Å². The first-order valence-electron chi connectivity index (χ1n) is 6.99. The van der Waals surface area contributed by atoms with Crippen LogP contribution >= 0.6 is 0 Å². The van der Waals surface area contributed by atoms with Crippen LogP contribution in [0.2, 0.25) is 0 Å². The van der Waals surface area contributed by atoms with Gasteiger partial charge in [-0.2, -0.15) is 0 Å². The molecule has 0 saturated carbocycles. The van der Waals surface area contributed by atoms with Crippen LogP contribution in [0.5, 0.6) is 0 Å². The Labute approximate surface area is 123 Å². The summed E-state index contributed by atoms with van der Waals surface area (Å²) in [6.07, 6.45) is 2.48. The highest BCUT2D eigenvalue weighted by Crippen LogP contribution is 2.26. The standard InChI is InChI=1S/C15H20N2O4/c1-10(2)19-9-5-7-16-15(18)13-11(3)17-21-14(13)12-6-4-8-20-12/h4,6,8,10H,5,7,9H2,1-3H3,(H,16,18). The quantitative estimate of drug-likeness (QED) is 0.794. The first-order chi connectivity index (χ1) is 10.1. The summed E-state index contributed by atoms with van der Waals surface area (Å²) in [5.41, 5.74) is 0.951. The lowest BCUT2D eigenvalue weighted by atomic mass is 10.1. The number of nitrogens with zero attached hydrogens (tertiary/aromatic N) is 1. The van der Waals surface area contributed by atoms with Crippen molar-refractivity contribution >= 4 is 5.91 Å². The van der Waals surface area contributed by atoms with Crippen LogP contribution < -0.4 is 5.32 Å². The van der Waals surface area contributed by atoms with E-state index in [1.165, 1.54) is 6.26 Å². The minimum absolute atomic E-state index is 0.201. The van der Waals surface area contributed by atoms with Crippen molar-refractivity contribution < 1.29 is 18.5 Å². The van der Waals surface area contributed by atoms with Crippen molar-refractivity contribution in [2.45, 2.75) is 33.3 Å². The van der Waals surface area contributed by atoms with Gasteiger partial charge in [-0.25, -0.2) is 0 Å². The van der Waals surface area contributed by atoms with Gasteiger partial charge in [-0.15, -0.1) is 0 Å². The van der Waals surface area contributed by atoms with Gasteiger partial charge in [0.1, 0.15) is 5.56 Å². The summed E-state index contributed by atoms with van der Waals surface area (Å²) in [4.78, 5) is 12.2. The number of carbonyl (C=O) groups excluding carboxylic acids is 1. The van der Waals surface area contributed by atoms with E-state index in [0.29, 0.717) is 35.9 Å². The highest BCUT2D eigenvalue weighted by Gasteiger charge is 2.23. The smallest absolute Gasteiger partial charge is 0.257 e. The van der Waals surface area contributed by atoms with E-state index < -0.39 is 0 Å². The van der Waals surface area contributed by atoms with E-state index in [9.17, 15) is 4.79 Å². The number of rotatable bonds is 7. The molecule has 0 unspecified atom stereocenters. The van der Waals surface area contributed by atoms with Crippen LogP contribution in [0.4, 0.5) is 0 Å². The Morgan fingerprint density at radius 2 is 2.29 bits per heavy atom. The number of hydrogen-bond acceptors (Lipinski definition) is 5. The Balaban J connectivity index is 1.95. The lowest BCUT2D eigenvalue weighted by Gasteiger charge is -2.08. The molecule has 6 nitrogen and oxygen atoms in total. The summed E-state index contributed by atoms with van der Waals surface area (Å²) < 4.78 is 15.9. The minimum atomic E-state index is -0.218. The molecule has 0 aliphatic carbocycles. The van der Waals surface area contributed by atoms with Gasteiger partial charge in [-0.3, -0.25) is 4.79 Å². The number of carbonyl (C=O) groups is 1. The van der Waals surface area contributed by atoms with E-state index in [-0.39, 0.29) is 12.0 Å². The molecule has 0 spiro atoms. The van der Waals surface area contributed by atoms with E-state index in [0.717, 1.165) is 6.42 Å². The fourth-order valence-corrected chi connectivity index (χ4v) is 1.89. The molecule has 2 rings (SSSR count). The Morgan fingerprint density at radius 3 is 2.95 bits per heavy atom. The predicted octanol–water partition coefficient (Wildman–Crippen LogP) is 2.79. The number of amides is 1. The Morgan fingerprint density at radius 1 is 1.48 bits per heavy atom. The van der Waals surface area contributed by atoms with Crippen molar-refractivity contribution in [1.29, 1.82) is 0 Å². The molecule has 0 aliphatic heterocycles. The maximum Gasteiger partial charge on any atom is 0.257 e. The number of aromatic nitrogens is 1. The molecule has 0 fully saturated rings. The lowest BCUT2D eigenvalue weighted by molar-refractivity contribution is 0.0757. The average Bonchev–Trinajstić information content (AvgIpc) is 3.06. The van der Waals surface area contributed by atoms with Crippen molar-refractivity contribution in [3.63, 3.8) is 0 Å². The second-order valence-corrected chi connectivity index (χ2v) is 4.98. The van der Waals surface area contributed by atoms with Crippen LogP contribution in [-0.4, -0.2) is 30.3 Å². The summed E-state index contributed by atoms with van der Waals surface area (Å²) in [6, 6.07) is 3.46. The van der Waals surface area contributed by atoms with Gasteiger partial charge >= 0.3 is 0 Å². The summed E-state index contributed by atoms with van der Waals surface area (Å²) in [5, 5.41) is 6.68. The Kier molecular flexibility index (Phi) is 5.16. The Hall–Kier alpha value is -2.08. The van der Waals surface area contributed by atoms with E-state index in [1.807, 2.05) is 13.8 Å². The van der Waals surface area contributed by atoms with Crippen molar-refractivity contribution in [3.05, 3.63) is 29.7 Å². The molecule has 2 heterocycles. The molecule has 0 aromatic carbocycles. The van der Waals surface area contributed by atoms with E-state index >= 15 is 0 Å². The van der Waals surface area contributed by atoms with Gasteiger partial charge in [0.15, 0.2) is 5.76 Å². The molecule has 0 atom stereocenters. The largest absolute Gasteiger partial charge is 0.461 e. The molecule has 1 N–H and O–H groups in total. The second-order valence-electron chi connectivity index (χ2n) is 4.98. The molecular weight excluding hydrogens is 272 g/mol. The fraction of sp³-hybridized carbons (Fsp3) is 0.467. The first-order valence-corrected chi connectivity index (χ1v) is 6.99. The highest BCUT2D eigenvalue weighted by molar-refractivity contribution is 6.00. The fourth-order valence-electron chi connectivity index (χ4n) is 1.89. The van der Waals surface area contributed by atoms with Crippen LogP contribution in [0.25, 0.3) is 11.5 Å². The monoisotopic (exact) mass is 292 g/mol. The number of nitrogens with one attached hydrogen (secondary N) is 1. The number of aryl methyl sites for hydroxylation is 1. The summed E-state index contributed by atoms with van der Waals surface area (Å²) in [6.45, 7) is 6.84. The Bertz CT molecular complexity index is 573. The second kappa shape index (κ2) is 7.08. The zero-order valence-electron chi connectivity index (χ0n) is 12.5. The third-order valence-corrected chi connectivity index (χ3v) is 2.89. The SMILES string of the molecule is Cc1noc(-c2ccco2)c1C(=O)NCCCOC(C)C. The molecule has 0 aliphatic rings. The van der Waals surface area contributed by atoms with Gasteiger partial charge < -0.3 is 19.0 Å². The lowest BCUT2D eigenvalue weighted by Crippen LogP contribution is -2.26. The van der Waals surface area contributed by atoms with Gasteiger partial charge in [0, 0.05) is 13.2 Å². The average molecular weight is 292 g/mol. The summed E-state index contributed by atoms with van der Waals surface area (Å²) in [5.74, 6) is 0.627. The zero-order valence-corrected chi connectivity index (χ0v) is 12.5. The van der Waals surface area contributed by atoms with Crippen LogP contribution in [0.15, 0.2) is 27.3 Å². The maximum absolute atomic E-state index is 12.2. The molecule has 2 aromatic rings. The molecule has 0 radical (unpaired) electrons. The van der Waals surface area contributed by atoms with Crippen molar-refractivity contribution in [1.82, 2.24) is 10.5 Å². The molecule has 114 valence electrons. The highest BCUT2D eigenvalue weighted by atomic mass is 16.5. The molecule has 21 heavy (non-hydrogen) atoms. The molecule has 6 heteroatoms. The first kappa shape index (κ1) is 15.3. The predicted molar refractivity (Wildman–Crippen MR) is 77.0 cm³/mol. The molecular formula is C15H20N2O4. The number of hydrogen-bond donors (Lipinski definition) is 1. The summed E-state index contributed by atoms with van der Waals surface area (Å²) in [7, 11) is 0. The third-order valence-electron chi connectivity index (χ3n) is 2.89.